The molecular weight excluding hydrogens is 120 g/mol. The lowest BCUT2D eigenvalue weighted by Gasteiger charge is -2.20. The van der Waals surface area contributed by atoms with Crippen molar-refractivity contribution in [2.75, 3.05) is 13.1 Å². The van der Waals surface area contributed by atoms with E-state index in [2.05, 4.69) is 22.4 Å². The van der Waals surface area contributed by atoms with Crippen molar-refractivity contribution in [3.8, 4) is 0 Å². The van der Waals surface area contributed by atoms with Gasteiger partial charge in [0.25, 0.3) is 0 Å². The molecule has 0 amide bonds. The second kappa shape index (κ2) is 1.62. The van der Waals surface area contributed by atoms with Gasteiger partial charge in [0, 0.05) is 25.2 Å². The predicted molar refractivity (Wildman–Crippen MR) is 35.9 cm³/mol. The van der Waals surface area contributed by atoms with Crippen LogP contribution in [0.5, 0.6) is 0 Å². The smallest absolute Gasteiger partial charge is 0.0341 e. The zero-order valence-electron chi connectivity index (χ0n) is 4.67. The number of hydrogen-bond acceptors (Lipinski definition) is 3. The van der Waals surface area contributed by atoms with Crippen molar-refractivity contribution in [3.63, 3.8) is 0 Å². The Morgan fingerprint density at radius 1 is 1.62 bits per heavy atom. The first-order chi connectivity index (χ1) is 3.86. The number of hydrogen-bond donors (Lipinski definition) is 2. The summed E-state index contributed by atoms with van der Waals surface area (Å²) >= 11 is 4.29. The van der Waals surface area contributed by atoms with E-state index in [1.54, 1.807) is 0 Å². The van der Waals surface area contributed by atoms with Gasteiger partial charge in [0.2, 0.25) is 0 Å². The molecule has 2 fully saturated rings. The fraction of sp³-hybridized carbons (Fsp3) is 1.00. The molecule has 2 bridgehead atoms. The van der Waals surface area contributed by atoms with Crippen LogP contribution in [-0.2, 0) is 0 Å². The van der Waals surface area contributed by atoms with E-state index in [1.807, 2.05) is 0 Å². The Morgan fingerprint density at radius 2 is 2.50 bits per heavy atom. The van der Waals surface area contributed by atoms with Crippen molar-refractivity contribution in [3.05, 3.63) is 0 Å². The zero-order valence-corrected chi connectivity index (χ0v) is 5.56. The van der Waals surface area contributed by atoms with Gasteiger partial charge in [-0.1, -0.05) is 12.8 Å². The first kappa shape index (κ1) is 5.09. The van der Waals surface area contributed by atoms with Crippen molar-refractivity contribution in [2.24, 2.45) is 0 Å². The number of thiol groups is 1. The summed E-state index contributed by atoms with van der Waals surface area (Å²) in [5.41, 5.74) is 0. The summed E-state index contributed by atoms with van der Waals surface area (Å²) in [6, 6.07) is 1.47. The maximum absolute atomic E-state index is 4.29. The molecule has 2 saturated heterocycles. The highest BCUT2D eigenvalue weighted by Crippen LogP contribution is 2.23. The molecular formula is C5H10N2S. The van der Waals surface area contributed by atoms with Gasteiger partial charge >= 0.3 is 0 Å². The van der Waals surface area contributed by atoms with Gasteiger partial charge in [0.15, 0.2) is 0 Å². The highest BCUT2D eigenvalue weighted by atomic mass is 32.1. The second-order valence-corrected chi connectivity index (χ2v) is 3.13. The van der Waals surface area contributed by atoms with E-state index in [-0.39, 0.29) is 0 Å². The van der Waals surface area contributed by atoms with Gasteiger partial charge in [-0.3, -0.25) is 0 Å². The molecule has 2 atom stereocenters. The molecule has 46 valence electrons. The van der Waals surface area contributed by atoms with Crippen molar-refractivity contribution in [2.45, 2.75) is 18.5 Å². The molecule has 0 spiro atoms. The lowest BCUT2D eigenvalue weighted by Crippen LogP contribution is -2.38. The molecule has 2 aliphatic heterocycles. The van der Waals surface area contributed by atoms with Crippen LogP contribution >= 0.6 is 12.8 Å². The molecule has 0 aliphatic carbocycles. The van der Waals surface area contributed by atoms with Crippen LogP contribution in [0.2, 0.25) is 0 Å². The first-order valence-electron chi connectivity index (χ1n) is 3.05. The van der Waals surface area contributed by atoms with Gasteiger partial charge in [0.1, 0.15) is 0 Å². The average Bonchev–Trinajstić information content (AvgIpc) is 2.23. The molecule has 3 heteroatoms. The van der Waals surface area contributed by atoms with Crippen molar-refractivity contribution in [1.29, 1.82) is 0 Å². The molecule has 0 radical (unpaired) electrons. The SMILES string of the molecule is SN1CC2CC1CN2. The number of nitrogens with zero attached hydrogens (tertiary/aromatic N) is 1. The fourth-order valence-electron chi connectivity index (χ4n) is 1.54. The highest BCUT2D eigenvalue weighted by Gasteiger charge is 2.35. The minimum absolute atomic E-state index is 0.725. The molecule has 2 heterocycles. The average molecular weight is 130 g/mol. The number of piperazine rings is 1. The quantitative estimate of drug-likeness (QED) is 0.444. The summed E-state index contributed by atoms with van der Waals surface area (Å²) in [5.74, 6) is 0. The number of nitrogens with one attached hydrogen (secondary N) is 1. The van der Waals surface area contributed by atoms with Crippen LogP contribution in [0.1, 0.15) is 6.42 Å². The number of fused-ring (bicyclic) bond motifs is 2. The van der Waals surface area contributed by atoms with E-state index < -0.39 is 0 Å². The molecule has 0 aromatic rings. The molecule has 2 rings (SSSR count). The highest BCUT2D eigenvalue weighted by molar-refractivity contribution is 7.77. The molecule has 1 N–H and O–H groups in total. The molecule has 0 aromatic heterocycles. The summed E-state index contributed by atoms with van der Waals surface area (Å²) in [6.07, 6.45) is 1.31. The Hall–Kier alpha value is 0.270. The summed E-state index contributed by atoms with van der Waals surface area (Å²) < 4.78 is 2.14. The van der Waals surface area contributed by atoms with E-state index in [1.165, 1.54) is 6.42 Å². The van der Waals surface area contributed by atoms with Gasteiger partial charge in [-0.05, 0) is 6.42 Å². The molecule has 0 aromatic carbocycles. The van der Waals surface area contributed by atoms with Gasteiger partial charge in [0.05, 0.1) is 0 Å². The third-order valence-corrected chi connectivity index (χ3v) is 2.52. The van der Waals surface area contributed by atoms with Crippen LogP contribution in [-0.4, -0.2) is 29.5 Å². The number of rotatable bonds is 0. The third kappa shape index (κ3) is 0.584. The maximum atomic E-state index is 4.29. The van der Waals surface area contributed by atoms with Crippen LogP contribution in [0.4, 0.5) is 0 Å². The summed E-state index contributed by atoms with van der Waals surface area (Å²) in [6.45, 7) is 2.28. The molecule has 2 nitrogen and oxygen atoms in total. The van der Waals surface area contributed by atoms with Gasteiger partial charge in [-0.25, -0.2) is 4.31 Å². The van der Waals surface area contributed by atoms with Crippen LogP contribution < -0.4 is 5.32 Å². The summed E-state index contributed by atoms with van der Waals surface area (Å²) in [4.78, 5) is 0. The Balaban J connectivity index is 2.11. The predicted octanol–water partition coefficient (Wildman–Crippen LogP) is -0.123. The molecule has 8 heavy (non-hydrogen) atoms. The Bertz CT molecular complexity index is 105. The minimum atomic E-state index is 0.725. The van der Waals surface area contributed by atoms with E-state index in [0.717, 1.165) is 25.2 Å². The van der Waals surface area contributed by atoms with E-state index in [9.17, 15) is 0 Å². The second-order valence-electron chi connectivity index (χ2n) is 2.62. The van der Waals surface area contributed by atoms with Gasteiger partial charge < -0.3 is 5.32 Å². The van der Waals surface area contributed by atoms with Crippen molar-refractivity contribution in [1.82, 2.24) is 9.62 Å². The maximum Gasteiger partial charge on any atom is 0.0341 e. The Morgan fingerprint density at radius 3 is 2.75 bits per heavy atom. The molecule has 2 unspecified atom stereocenters. The van der Waals surface area contributed by atoms with E-state index in [4.69, 9.17) is 0 Å². The normalized spacial score (nSPS) is 46.1. The van der Waals surface area contributed by atoms with Crippen molar-refractivity contribution >= 4 is 12.8 Å². The van der Waals surface area contributed by atoms with Crippen LogP contribution in [0.25, 0.3) is 0 Å². The summed E-state index contributed by atoms with van der Waals surface area (Å²) in [5, 5.41) is 3.40. The minimum Gasteiger partial charge on any atom is -0.311 e. The molecule has 0 saturated carbocycles. The standard InChI is InChI=1S/C5H10N2S/c8-7-3-4-1-5(7)2-6-4/h4-6,8H,1-3H2. The monoisotopic (exact) mass is 130 g/mol. The zero-order chi connectivity index (χ0) is 5.56. The van der Waals surface area contributed by atoms with E-state index >= 15 is 0 Å². The van der Waals surface area contributed by atoms with Crippen LogP contribution in [0, 0.1) is 0 Å². The Labute approximate surface area is 54.8 Å². The van der Waals surface area contributed by atoms with Crippen LogP contribution in [0.3, 0.4) is 0 Å². The lowest BCUT2D eigenvalue weighted by molar-refractivity contribution is 0.389. The fourth-order valence-corrected chi connectivity index (χ4v) is 1.91. The van der Waals surface area contributed by atoms with Gasteiger partial charge in [-0.15, -0.1) is 0 Å². The first-order valence-corrected chi connectivity index (χ1v) is 3.45. The largest absolute Gasteiger partial charge is 0.311 e. The third-order valence-electron chi connectivity index (χ3n) is 2.03. The molecule has 2 aliphatic rings. The van der Waals surface area contributed by atoms with Crippen molar-refractivity contribution < 1.29 is 0 Å². The van der Waals surface area contributed by atoms with Gasteiger partial charge in [-0.2, -0.15) is 0 Å². The van der Waals surface area contributed by atoms with Crippen LogP contribution in [0.15, 0.2) is 0 Å². The topological polar surface area (TPSA) is 15.3 Å². The van der Waals surface area contributed by atoms with E-state index in [0.29, 0.717) is 0 Å². The lowest BCUT2D eigenvalue weighted by atomic mass is 10.2. The Kier molecular flexibility index (Phi) is 1.03. The summed E-state index contributed by atoms with van der Waals surface area (Å²) in [7, 11) is 0.